The minimum atomic E-state index is -0.00457. The molecule has 0 saturated carbocycles. The highest BCUT2D eigenvalue weighted by Crippen LogP contribution is 2.20. The van der Waals surface area contributed by atoms with Crippen molar-refractivity contribution in [3.63, 3.8) is 0 Å². The maximum atomic E-state index is 12.1. The van der Waals surface area contributed by atoms with Crippen LogP contribution in [-0.4, -0.2) is 69.2 Å². The molecule has 2 rings (SSSR count). The molecule has 1 aliphatic heterocycles. The Kier molecular flexibility index (Phi) is 5.61. The minimum Gasteiger partial charge on any atom is -0.367 e. The lowest BCUT2D eigenvalue weighted by Gasteiger charge is -2.36. The number of rotatable bonds is 4. The van der Waals surface area contributed by atoms with Gasteiger partial charge in [-0.05, 0) is 26.2 Å². The first-order chi connectivity index (χ1) is 10.6. The second-order valence-electron chi connectivity index (χ2n) is 5.64. The maximum absolute atomic E-state index is 12.1. The first kappa shape index (κ1) is 16.1. The molecule has 1 heterocycles. The van der Waals surface area contributed by atoms with Crippen molar-refractivity contribution in [2.45, 2.75) is 0 Å². The van der Waals surface area contributed by atoms with E-state index in [2.05, 4.69) is 16.3 Å². The van der Waals surface area contributed by atoms with Crippen LogP contribution in [0.2, 0.25) is 0 Å². The fourth-order valence-electron chi connectivity index (χ4n) is 2.49. The second kappa shape index (κ2) is 7.66. The smallest absolute Gasteiger partial charge is 0.317 e. The van der Waals surface area contributed by atoms with Crippen molar-refractivity contribution in [1.29, 1.82) is 5.26 Å². The molecule has 118 valence electrons. The zero-order chi connectivity index (χ0) is 15.9. The third-order valence-corrected chi connectivity index (χ3v) is 3.77. The monoisotopic (exact) mass is 301 g/mol. The maximum Gasteiger partial charge on any atom is 0.317 e. The molecule has 0 unspecified atom stereocenters. The normalized spacial score (nSPS) is 14.8. The van der Waals surface area contributed by atoms with Crippen molar-refractivity contribution >= 4 is 11.7 Å². The lowest BCUT2D eigenvalue weighted by molar-refractivity contribution is 0.193. The van der Waals surface area contributed by atoms with E-state index in [-0.39, 0.29) is 6.03 Å². The first-order valence-electron chi connectivity index (χ1n) is 7.53. The molecular formula is C16H23N5O. The number of hydrogen-bond acceptors (Lipinski definition) is 4. The van der Waals surface area contributed by atoms with Gasteiger partial charge in [-0.15, -0.1) is 0 Å². The molecule has 1 saturated heterocycles. The summed E-state index contributed by atoms with van der Waals surface area (Å²) in [6.45, 7) is 4.34. The van der Waals surface area contributed by atoms with Crippen LogP contribution in [0.25, 0.3) is 0 Å². The Morgan fingerprint density at radius 2 is 1.95 bits per heavy atom. The Morgan fingerprint density at radius 3 is 2.59 bits per heavy atom. The number of carbonyl (C=O) groups is 1. The molecule has 2 amide bonds. The van der Waals surface area contributed by atoms with Gasteiger partial charge in [0.2, 0.25) is 0 Å². The van der Waals surface area contributed by atoms with Gasteiger partial charge in [0, 0.05) is 39.3 Å². The van der Waals surface area contributed by atoms with Crippen molar-refractivity contribution in [2.75, 3.05) is 58.3 Å². The number of benzene rings is 1. The lowest BCUT2D eigenvalue weighted by Crippen LogP contribution is -2.52. The average molecular weight is 301 g/mol. The molecule has 0 spiro atoms. The third kappa shape index (κ3) is 4.12. The van der Waals surface area contributed by atoms with Crippen molar-refractivity contribution < 1.29 is 4.79 Å². The van der Waals surface area contributed by atoms with Gasteiger partial charge in [0.1, 0.15) is 6.07 Å². The molecular weight excluding hydrogens is 278 g/mol. The van der Waals surface area contributed by atoms with Crippen LogP contribution in [0.4, 0.5) is 10.5 Å². The predicted molar refractivity (Wildman–Crippen MR) is 86.9 cm³/mol. The van der Waals surface area contributed by atoms with Gasteiger partial charge in [0.25, 0.3) is 0 Å². The minimum absolute atomic E-state index is 0.00457. The Morgan fingerprint density at radius 1 is 1.27 bits per heavy atom. The molecule has 1 fully saturated rings. The van der Waals surface area contributed by atoms with E-state index < -0.39 is 0 Å². The number of nitrogens with zero attached hydrogens (tertiary/aromatic N) is 4. The van der Waals surface area contributed by atoms with Gasteiger partial charge in [0.05, 0.1) is 11.3 Å². The van der Waals surface area contributed by atoms with Crippen molar-refractivity contribution in [1.82, 2.24) is 15.1 Å². The molecule has 1 N–H and O–H groups in total. The van der Waals surface area contributed by atoms with E-state index >= 15 is 0 Å². The molecule has 6 nitrogen and oxygen atoms in total. The molecule has 0 radical (unpaired) electrons. The fraction of sp³-hybridized carbons (Fsp3) is 0.500. The SMILES string of the molecule is CN(C)CCNC(=O)N1CCN(c2ccccc2C#N)CC1. The fourth-order valence-corrected chi connectivity index (χ4v) is 2.49. The van der Waals surface area contributed by atoms with E-state index in [9.17, 15) is 10.1 Å². The molecule has 0 aliphatic carbocycles. The van der Waals surface area contributed by atoms with Gasteiger partial charge in [-0.2, -0.15) is 5.26 Å². The van der Waals surface area contributed by atoms with Gasteiger partial charge in [-0.25, -0.2) is 4.79 Å². The Labute approximate surface area is 131 Å². The van der Waals surface area contributed by atoms with Crippen LogP contribution < -0.4 is 10.2 Å². The zero-order valence-electron chi connectivity index (χ0n) is 13.2. The predicted octanol–water partition coefficient (Wildman–Crippen LogP) is 0.951. The van der Waals surface area contributed by atoms with Gasteiger partial charge in [0.15, 0.2) is 0 Å². The number of anilines is 1. The topological polar surface area (TPSA) is 62.6 Å². The van der Waals surface area contributed by atoms with Gasteiger partial charge >= 0.3 is 6.03 Å². The summed E-state index contributed by atoms with van der Waals surface area (Å²) in [6.07, 6.45) is 0. The lowest BCUT2D eigenvalue weighted by atomic mass is 10.1. The number of likely N-dealkylation sites (N-methyl/N-ethyl adjacent to an activating group) is 1. The van der Waals surface area contributed by atoms with Gasteiger partial charge in [-0.3, -0.25) is 0 Å². The van der Waals surface area contributed by atoms with E-state index in [1.807, 2.05) is 48.2 Å². The van der Waals surface area contributed by atoms with Crippen LogP contribution in [-0.2, 0) is 0 Å². The quantitative estimate of drug-likeness (QED) is 0.899. The van der Waals surface area contributed by atoms with Crippen LogP contribution in [0.5, 0.6) is 0 Å². The number of amides is 2. The van der Waals surface area contributed by atoms with Crippen LogP contribution in [0.3, 0.4) is 0 Å². The summed E-state index contributed by atoms with van der Waals surface area (Å²) in [6, 6.07) is 9.83. The number of para-hydroxylation sites is 1. The summed E-state index contributed by atoms with van der Waals surface area (Å²) in [5.41, 5.74) is 1.64. The third-order valence-electron chi connectivity index (χ3n) is 3.77. The van der Waals surface area contributed by atoms with Crippen molar-refractivity contribution in [3.8, 4) is 6.07 Å². The Hall–Kier alpha value is -2.26. The van der Waals surface area contributed by atoms with E-state index in [1.54, 1.807) is 0 Å². The van der Waals surface area contributed by atoms with E-state index in [0.29, 0.717) is 25.2 Å². The highest BCUT2D eigenvalue weighted by Gasteiger charge is 2.22. The highest BCUT2D eigenvalue weighted by atomic mass is 16.2. The van der Waals surface area contributed by atoms with E-state index in [0.717, 1.165) is 25.3 Å². The molecule has 0 bridgehead atoms. The Bertz CT molecular complexity index is 544. The van der Waals surface area contributed by atoms with Crippen LogP contribution in [0, 0.1) is 11.3 Å². The molecule has 1 aromatic carbocycles. The average Bonchev–Trinajstić information content (AvgIpc) is 2.54. The van der Waals surface area contributed by atoms with Gasteiger partial charge in [-0.1, -0.05) is 12.1 Å². The number of nitriles is 1. The molecule has 1 aromatic rings. The number of urea groups is 1. The number of nitrogens with one attached hydrogen (secondary N) is 1. The summed E-state index contributed by atoms with van der Waals surface area (Å²) >= 11 is 0. The molecule has 0 aromatic heterocycles. The highest BCUT2D eigenvalue weighted by molar-refractivity contribution is 5.74. The summed E-state index contributed by atoms with van der Waals surface area (Å²) in [5, 5.41) is 12.1. The van der Waals surface area contributed by atoms with Crippen molar-refractivity contribution in [3.05, 3.63) is 29.8 Å². The van der Waals surface area contributed by atoms with Crippen LogP contribution in [0.1, 0.15) is 5.56 Å². The molecule has 6 heteroatoms. The number of carbonyl (C=O) groups excluding carboxylic acids is 1. The molecule has 22 heavy (non-hydrogen) atoms. The summed E-state index contributed by atoms with van der Waals surface area (Å²) in [4.78, 5) is 18.1. The van der Waals surface area contributed by atoms with Crippen LogP contribution in [0.15, 0.2) is 24.3 Å². The first-order valence-corrected chi connectivity index (χ1v) is 7.53. The standard InChI is InChI=1S/C16H23N5O/c1-19(2)8-7-18-16(22)21-11-9-20(10-12-21)15-6-4-3-5-14(15)13-17/h3-6H,7-12H2,1-2H3,(H,18,22). The number of hydrogen-bond donors (Lipinski definition) is 1. The van der Waals surface area contributed by atoms with Gasteiger partial charge < -0.3 is 20.0 Å². The van der Waals surface area contributed by atoms with E-state index in [4.69, 9.17) is 0 Å². The second-order valence-corrected chi connectivity index (χ2v) is 5.64. The number of piperazine rings is 1. The largest absolute Gasteiger partial charge is 0.367 e. The Balaban J connectivity index is 1.85. The summed E-state index contributed by atoms with van der Waals surface area (Å²) in [5.74, 6) is 0. The molecule has 0 atom stereocenters. The zero-order valence-corrected chi connectivity index (χ0v) is 13.2. The van der Waals surface area contributed by atoms with Crippen molar-refractivity contribution in [2.24, 2.45) is 0 Å². The van der Waals surface area contributed by atoms with Crippen LogP contribution >= 0.6 is 0 Å². The van der Waals surface area contributed by atoms with E-state index in [1.165, 1.54) is 0 Å². The summed E-state index contributed by atoms with van der Waals surface area (Å²) in [7, 11) is 3.97. The molecule has 1 aliphatic rings. The summed E-state index contributed by atoms with van der Waals surface area (Å²) < 4.78 is 0.